The normalized spacial score (nSPS) is 13.0. The van der Waals surface area contributed by atoms with Crippen molar-refractivity contribution in [3.63, 3.8) is 0 Å². The number of rotatable bonds is 7. The van der Waals surface area contributed by atoms with E-state index in [0.717, 1.165) is 43.4 Å². The molecule has 1 aliphatic heterocycles. The van der Waals surface area contributed by atoms with Gasteiger partial charge in [-0.05, 0) is 24.6 Å². The molecule has 0 radical (unpaired) electrons. The number of halogens is 2. The molecule has 8 nitrogen and oxygen atoms in total. The van der Waals surface area contributed by atoms with Crippen molar-refractivity contribution in [3.8, 4) is 11.5 Å². The lowest BCUT2D eigenvalue weighted by atomic mass is 10.2. The first kappa shape index (κ1) is 22.5. The van der Waals surface area contributed by atoms with E-state index in [4.69, 9.17) is 21.1 Å². The molecular weight excluding hydrogens is 495 g/mol. The third kappa shape index (κ3) is 5.87. The number of aryl methyl sites for hydroxylation is 1. The lowest BCUT2D eigenvalue weighted by Crippen LogP contribution is -2.38. The Morgan fingerprint density at radius 3 is 2.86 bits per heavy atom. The van der Waals surface area contributed by atoms with Gasteiger partial charge < -0.3 is 24.7 Å². The van der Waals surface area contributed by atoms with Gasteiger partial charge in [0.25, 0.3) is 0 Å². The van der Waals surface area contributed by atoms with Crippen molar-refractivity contribution in [3.05, 3.63) is 34.9 Å². The fourth-order valence-corrected chi connectivity index (χ4v) is 3.09. The van der Waals surface area contributed by atoms with Crippen LogP contribution in [0.3, 0.4) is 0 Å². The molecule has 0 spiro atoms. The predicted molar refractivity (Wildman–Crippen MR) is 120 cm³/mol. The Morgan fingerprint density at radius 2 is 2.07 bits per heavy atom. The lowest BCUT2D eigenvalue weighted by Gasteiger charge is -2.20. The van der Waals surface area contributed by atoms with Crippen molar-refractivity contribution in [2.75, 3.05) is 26.3 Å². The molecule has 154 valence electrons. The van der Waals surface area contributed by atoms with Gasteiger partial charge in [0.15, 0.2) is 17.5 Å². The van der Waals surface area contributed by atoms with E-state index in [0.29, 0.717) is 36.3 Å². The highest BCUT2D eigenvalue weighted by molar-refractivity contribution is 14.0. The maximum absolute atomic E-state index is 6.29. The van der Waals surface area contributed by atoms with Crippen molar-refractivity contribution in [1.82, 2.24) is 25.4 Å². The van der Waals surface area contributed by atoms with Gasteiger partial charge in [-0.25, -0.2) is 4.99 Å². The van der Waals surface area contributed by atoms with E-state index in [9.17, 15) is 0 Å². The summed E-state index contributed by atoms with van der Waals surface area (Å²) in [5.74, 6) is 3.01. The second-order valence-electron chi connectivity index (χ2n) is 6.02. The van der Waals surface area contributed by atoms with Crippen LogP contribution in [0.15, 0.2) is 23.5 Å². The van der Waals surface area contributed by atoms with Crippen molar-refractivity contribution in [2.24, 2.45) is 4.99 Å². The molecule has 0 unspecified atom stereocenters. The third-order valence-corrected chi connectivity index (χ3v) is 4.36. The molecule has 0 aliphatic carbocycles. The molecule has 2 N–H and O–H groups in total. The zero-order valence-corrected chi connectivity index (χ0v) is 19.2. The number of hydrogen-bond donors (Lipinski definition) is 2. The Kier molecular flexibility index (Phi) is 9.10. The number of ether oxygens (including phenoxy) is 2. The van der Waals surface area contributed by atoms with Gasteiger partial charge in [-0.3, -0.25) is 0 Å². The molecule has 0 saturated carbocycles. The summed E-state index contributed by atoms with van der Waals surface area (Å²) in [4.78, 5) is 4.63. The summed E-state index contributed by atoms with van der Waals surface area (Å²) in [5.41, 5.74) is 0.966. The van der Waals surface area contributed by atoms with Crippen LogP contribution in [0, 0.1) is 0 Å². The largest absolute Gasteiger partial charge is 0.486 e. The van der Waals surface area contributed by atoms with Crippen molar-refractivity contribution >= 4 is 41.5 Å². The first-order valence-corrected chi connectivity index (χ1v) is 9.56. The highest BCUT2D eigenvalue weighted by Gasteiger charge is 2.16. The first-order valence-electron chi connectivity index (χ1n) is 9.18. The fourth-order valence-electron chi connectivity index (χ4n) is 2.80. The van der Waals surface area contributed by atoms with E-state index in [2.05, 4.69) is 32.7 Å². The van der Waals surface area contributed by atoms with Gasteiger partial charge in [0.1, 0.15) is 25.4 Å². The number of aromatic nitrogens is 3. The molecule has 0 bridgehead atoms. The molecule has 0 atom stereocenters. The minimum atomic E-state index is 0. The topological polar surface area (TPSA) is 85.6 Å². The Morgan fingerprint density at radius 1 is 1.25 bits per heavy atom. The van der Waals surface area contributed by atoms with E-state index < -0.39 is 0 Å². The molecule has 1 aliphatic rings. The number of aliphatic imine (C=N–C) groups is 1. The second-order valence-corrected chi connectivity index (χ2v) is 6.43. The van der Waals surface area contributed by atoms with Gasteiger partial charge in [-0.2, -0.15) is 0 Å². The first-order chi connectivity index (χ1) is 13.2. The zero-order valence-electron chi connectivity index (χ0n) is 16.1. The Bertz CT molecular complexity index is 798. The predicted octanol–water partition coefficient (Wildman–Crippen LogP) is 2.64. The van der Waals surface area contributed by atoms with Crippen LogP contribution in [-0.2, 0) is 19.5 Å². The molecule has 0 saturated heterocycles. The third-order valence-electron chi connectivity index (χ3n) is 4.08. The maximum atomic E-state index is 6.29. The lowest BCUT2D eigenvalue weighted by molar-refractivity contribution is 0.171. The number of guanidine groups is 1. The summed E-state index contributed by atoms with van der Waals surface area (Å²) >= 11 is 6.29. The summed E-state index contributed by atoms with van der Waals surface area (Å²) in [6.07, 6.45) is 2.61. The Labute approximate surface area is 187 Å². The summed E-state index contributed by atoms with van der Waals surface area (Å²) in [6, 6.07) is 3.80. The summed E-state index contributed by atoms with van der Waals surface area (Å²) in [6.45, 7) is 7.91. The molecule has 0 amide bonds. The van der Waals surface area contributed by atoms with Crippen LogP contribution in [0.1, 0.15) is 25.2 Å². The molecule has 3 rings (SSSR count). The minimum Gasteiger partial charge on any atom is -0.486 e. The highest BCUT2D eigenvalue weighted by Crippen LogP contribution is 2.38. The average molecular weight is 521 g/mol. The molecule has 28 heavy (non-hydrogen) atoms. The standard InChI is InChI=1S/C18H25ClN6O2.HI/c1-3-16-24-23-12-25(16)6-5-21-18(20-4-2)22-11-13-9-14(19)17-15(10-13)26-7-8-27-17;/h9-10,12H,3-8,11H2,1-2H3,(H2,20,21,22);1H. The fraction of sp³-hybridized carbons (Fsp3) is 0.500. The van der Waals surface area contributed by atoms with Gasteiger partial charge in [0.05, 0.1) is 11.6 Å². The van der Waals surface area contributed by atoms with Crippen LogP contribution < -0.4 is 20.1 Å². The van der Waals surface area contributed by atoms with Crippen LogP contribution in [0.4, 0.5) is 0 Å². The number of fused-ring (bicyclic) bond motifs is 1. The quantitative estimate of drug-likeness (QED) is 0.332. The molecule has 1 aromatic heterocycles. The molecule has 2 heterocycles. The average Bonchev–Trinajstić information content (AvgIpc) is 3.13. The zero-order chi connectivity index (χ0) is 19.1. The van der Waals surface area contributed by atoms with E-state index >= 15 is 0 Å². The van der Waals surface area contributed by atoms with Crippen LogP contribution in [0.25, 0.3) is 0 Å². The molecule has 1 aromatic carbocycles. The van der Waals surface area contributed by atoms with Crippen molar-refractivity contribution in [1.29, 1.82) is 0 Å². The van der Waals surface area contributed by atoms with Crippen LogP contribution in [0.5, 0.6) is 11.5 Å². The minimum absolute atomic E-state index is 0. The van der Waals surface area contributed by atoms with Gasteiger partial charge in [-0.1, -0.05) is 18.5 Å². The molecule has 2 aromatic rings. The Hall–Kier alpha value is -1.75. The second kappa shape index (κ2) is 11.3. The van der Waals surface area contributed by atoms with E-state index in [1.54, 1.807) is 6.33 Å². The van der Waals surface area contributed by atoms with Crippen molar-refractivity contribution in [2.45, 2.75) is 33.4 Å². The number of hydrogen-bond acceptors (Lipinski definition) is 5. The number of benzene rings is 1. The maximum Gasteiger partial charge on any atom is 0.191 e. The molecule has 10 heteroatoms. The van der Waals surface area contributed by atoms with Crippen LogP contribution in [0.2, 0.25) is 5.02 Å². The SMILES string of the molecule is CCNC(=NCc1cc(Cl)c2c(c1)OCCO2)NCCn1cnnc1CC.I. The van der Waals surface area contributed by atoms with Gasteiger partial charge in [-0.15, -0.1) is 34.2 Å². The van der Waals surface area contributed by atoms with Crippen molar-refractivity contribution < 1.29 is 9.47 Å². The smallest absolute Gasteiger partial charge is 0.191 e. The van der Waals surface area contributed by atoms with Crippen LogP contribution in [-0.4, -0.2) is 47.0 Å². The monoisotopic (exact) mass is 520 g/mol. The summed E-state index contributed by atoms with van der Waals surface area (Å²) < 4.78 is 13.2. The van der Waals surface area contributed by atoms with E-state index in [1.165, 1.54) is 0 Å². The summed E-state index contributed by atoms with van der Waals surface area (Å²) in [5, 5.41) is 15.2. The molecular formula is C18H26ClIN6O2. The molecule has 0 fully saturated rings. The van der Waals surface area contributed by atoms with Gasteiger partial charge in [0, 0.05) is 26.1 Å². The van der Waals surface area contributed by atoms with E-state index in [-0.39, 0.29) is 24.0 Å². The van der Waals surface area contributed by atoms with Gasteiger partial charge >= 0.3 is 0 Å². The highest BCUT2D eigenvalue weighted by atomic mass is 127. The summed E-state index contributed by atoms with van der Waals surface area (Å²) in [7, 11) is 0. The van der Waals surface area contributed by atoms with E-state index in [1.807, 2.05) is 23.6 Å². The van der Waals surface area contributed by atoms with Gasteiger partial charge in [0.2, 0.25) is 0 Å². The van der Waals surface area contributed by atoms with Crippen LogP contribution >= 0.6 is 35.6 Å². The Balaban J connectivity index is 0.00000280. The number of nitrogens with zero attached hydrogens (tertiary/aromatic N) is 4. The number of nitrogens with one attached hydrogen (secondary N) is 2.